The van der Waals surface area contributed by atoms with Crippen LogP contribution in [0.5, 0.6) is 0 Å². The average Bonchev–Trinajstić information content (AvgIpc) is 3.03. The smallest absolute Gasteiger partial charge is 0.242 e. The summed E-state index contributed by atoms with van der Waals surface area (Å²) in [6.07, 6.45) is 1.47. The van der Waals surface area contributed by atoms with Gasteiger partial charge in [0.1, 0.15) is 4.90 Å². The van der Waals surface area contributed by atoms with Crippen LogP contribution >= 0.6 is 27.3 Å². The lowest BCUT2D eigenvalue weighted by molar-refractivity contribution is 0.380. The highest BCUT2D eigenvalue weighted by Gasteiger charge is 2.21. The molecule has 2 aromatic rings. The lowest BCUT2D eigenvalue weighted by atomic mass is 10.4. The minimum absolute atomic E-state index is 0.0736. The van der Waals surface area contributed by atoms with Crippen LogP contribution in [0, 0.1) is 0 Å². The molecule has 0 aliphatic carbocycles. The van der Waals surface area contributed by atoms with E-state index in [1.54, 1.807) is 12.1 Å². The number of rotatable bonds is 7. The van der Waals surface area contributed by atoms with Gasteiger partial charge in [0.15, 0.2) is 5.76 Å². The summed E-state index contributed by atoms with van der Waals surface area (Å²) in [6.45, 7) is 4.79. The maximum atomic E-state index is 12.3. The molecule has 6 nitrogen and oxygen atoms in total. The number of halogens is 1. The fourth-order valence-corrected chi connectivity index (χ4v) is 5.17. The second kappa shape index (κ2) is 7.01. The molecule has 0 spiro atoms. The molecule has 0 saturated carbocycles. The molecule has 0 saturated heterocycles. The Bertz CT molecular complexity index is 681. The van der Waals surface area contributed by atoms with Crippen molar-refractivity contribution in [2.45, 2.75) is 37.9 Å². The van der Waals surface area contributed by atoms with Gasteiger partial charge in [0.05, 0.1) is 16.5 Å². The summed E-state index contributed by atoms with van der Waals surface area (Å²) >= 11 is 4.72. The number of nitrogens with one attached hydrogen (secondary N) is 2. The Morgan fingerprint density at radius 1 is 1.43 bits per heavy atom. The van der Waals surface area contributed by atoms with Gasteiger partial charge < -0.3 is 9.84 Å². The summed E-state index contributed by atoms with van der Waals surface area (Å²) in [5.41, 5.74) is 0. The van der Waals surface area contributed by atoms with E-state index in [1.165, 1.54) is 17.5 Å². The van der Waals surface area contributed by atoms with Gasteiger partial charge in [-0.2, -0.15) is 0 Å². The van der Waals surface area contributed by atoms with Gasteiger partial charge in [-0.05, 0) is 22.0 Å². The number of hydrogen-bond acceptors (Lipinski definition) is 6. The second-order valence-corrected chi connectivity index (χ2v) is 8.88. The molecule has 0 aliphatic heterocycles. The maximum Gasteiger partial charge on any atom is 0.242 e. The minimum atomic E-state index is -3.59. The quantitative estimate of drug-likeness (QED) is 0.754. The third-order valence-corrected chi connectivity index (χ3v) is 6.26. The van der Waals surface area contributed by atoms with Crippen LogP contribution in [0.3, 0.4) is 0 Å². The van der Waals surface area contributed by atoms with E-state index in [4.69, 9.17) is 4.52 Å². The summed E-state index contributed by atoms with van der Waals surface area (Å²) < 4.78 is 32.5. The van der Waals surface area contributed by atoms with Crippen LogP contribution in [0.4, 0.5) is 0 Å². The van der Waals surface area contributed by atoms with E-state index < -0.39 is 10.0 Å². The van der Waals surface area contributed by atoms with Gasteiger partial charge in [0, 0.05) is 23.5 Å². The zero-order valence-corrected chi connectivity index (χ0v) is 14.8. The molecule has 2 N–H and O–H groups in total. The molecular formula is C12H16BrN3O3S2. The average molecular weight is 394 g/mol. The van der Waals surface area contributed by atoms with Crippen molar-refractivity contribution in [3.05, 3.63) is 32.8 Å². The van der Waals surface area contributed by atoms with E-state index in [9.17, 15) is 8.42 Å². The molecular weight excluding hydrogens is 378 g/mol. The van der Waals surface area contributed by atoms with Crippen LogP contribution in [-0.2, 0) is 23.1 Å². The number of thiophene rings is 1. The van der Waals surface area contributed by atoms with E-state index in [-0.39, 0.29) is 11.4 Å². The van der Waals surface area contributed by atoms with Crippen molar-refractivity contribution in [2.75, 3.05) is 0 Å². The van der Waals surface area contributed by atoms with Gasteiger partial charge in [0.25, 0.3) is 0 Å². The highest BCUT2D eigenvalue weighted by Crippen LogP contribution is 2.31. The highest BCUT2D eigenvalue weighted by atomic mass is 79.9. The highest BCUT2D eigenvalue weighted by molar-refractivity contribution is 9.11. The van der Waals surface area contributed by atoms with Crippen molar-refractivity contribution in [3.63, 3.8) is 0 Å². The maximum absolute atomic E-state index is 12.3. The molecule has 2 heterocycles. The molecule has 0 aromatic carbocycles. The number of sulfonamides is 1. The largest absolute Gasteiger partial charge is 0.360 e. The van der Waals surface area contributed by atoms with Crippen LogP contribution in [-0.4, -0.2) is 19.6 Å². The molecule has 2 aromatic heterocycles. The van der Waals surface area contributed by atoms with Crippen molar-refractivity contribution in [3.8, 4) is 0 Å². The molecule has 0 fully saturated rings. The summed E-state index contributed by atoms with van der Waals surface area (Å²) in [5.74, 6) is 0.464. The van der Waals surface area contributed by atoms with E-state index in [1.807, 2.05) is 13.8 Å². The van der Waals surface area contributed by atoms with Crippen LogP contribution in [0.1, 0.15) is 24.5 Å². The standard InChI is InChI=1S/C12H16BrN3O3S2/c1-8(2)14-7-10-5-11(12(13)20-10)21(17,18)16-6-9-3-4-15-19-9/h3-5,8,14,16H,6-7H2,1-2H3. The van der Waals surface area contributed by atoms with Crippen molar-refractivity contribution >= 4 is 37.3 Å². The van der Waals surface area contributed by atoms with Gasteiger partial charge in [-0.1, -0.05) is 19.0 Å². The van der Waals surface area contributed by atoms with Gasteiger partial charge in [0.2, 0.25) is 10.0 Å². The zero-order chi connectivity index (χ0) is 15.5. The second-order valence-electron chi connectivity index (χ2n) is 4.69. The van der Waals surface area contributed by atoms with Crippen molar-refractivity contribution in [2.24, 2.45) is 0 Å². The van der Waals surface area contributed by atoms with Crippen LogP contribution < -0.4 is 10.0 Å². The lowest BCUT2D eigenvalue weighted by Crippen LogP contribution is -2.23. The monoisotopic (exact) mass is 393 g/mol. The van der Waals surface area contributed by atoms with Gasteiger partial charge in [-0.15, -0.1) is 11.3 Å². The molecule has 0 radical (unpaired) electrons. The van der Waals surface area contributed by atoms with Crippen molar-refractivity contribution < 1.29 is 12.9 Å². The lowest BCUT2D eigenvalue weighted by Gasteiger charge is -2.05. The Labute approximate surface area is 136 Å². The number of aromatic nitrogens is 1. The van der Waals surface area contributed by atoms with Crippen LogP contribution in [0.2, 0.25) is 0 Å². The van der Waals surface area contributed by atoms with Gasteiger partial charge in [-0.25, -0.2) is 13.1 Å². The third-order valence-electron chi connectivity index (χ3n) is 2.61. The van der Waals surface area contributed by atoms with E-state index in [2.05, 4.69) is 31.1 Å². The summed E-state index contributed by atoms with van der Waals surface area (Å²) in [5, 5.41) is 6.79. The molecule has 0 amide bonds. The Morgan fingerprint density at radius 3 is 2.81 bits per heavy atom. The van der Waals surface area contributed by atoms with Crippen molar-refractivity contribution in [1.82, 2.24) is 15.2 Å². The molecule has 0 bridgehead atoms. The molecule has 9 heteroatoms. The number of nitrogens with zero attached hydrogens (tertiary/aromatic N) is 1. The minimum Gasteiger partial charge on any atom is -0.360 e. The summed E-state index contributed by atoms with van der Waals surface area (Å²) in [4.78, 5) is 1.20. The Morgan fingerprint density at radius 2 is 2.19 bits per heavy atom. The molecule has 0 unspecified atom stereocenters. The fraction of sp³-hybridized carbons (Fsp3) is 0.417. The predicted molar refractivity (Wildman–Crippen MR) is 84.5 cm³/mol. The molecule has 116 valence electrons. The van der Waals surface area contributed by atoms with Gasteiger partial charge in [-0.3, -0.25) is 0 Å². The van der Waals surface area contributed by atoms with Crippen molar-refractivity contribution in [1.29, 1.82) is 0 Å². The first-order valence-corrected chi connectivity index (χ1v) is 9.38. The molecule has 0 aliphatic rings. The Hall–Kier alpha value is -0.740. The van der Waals surface area contributed by atoms with E-state index in [0.717, 1.165) is 4.88 Å². The SMILES string of the molecule is CC(C)NCc1cc(S(=O)(=O)NCc2ccno2)c(Br)s1. The molecule has 2 rings (SSSR count). The first-order valence-electron chi connectivity index (χ1n) is 6.29. The third kappa shape index (κ3) is 4.62. The zero-order valence-electron chi connectivity index (χ0n) is 11.6. The summed E-state index contributed by atoms with van der Waals surface area (Å²) in [6, 6.07) is 3.63. The first kappa shape index (κ1) is 16.6. The first-order chi connectivity index (χ1) is 9.88. The van der Waals surface area contributed by atoms with E-state index in [0.29, 0.717) is 22.1 Å². The van der Waals surface area contributed by atoms with Crippen LogP contribution in [0.25, 0.3) is 0 Å². The predicted octanol–water partition coefficient (Wildman–Crippen LogP) is 2.48. The Balaban J connectivity index is 2.08. The van der Waals surface area contributed by atoms with Crippen LogP contribution in [0.15, 0.2) is 31.5 Å². The molecule has 0 atom stereocenters. The summed E-state index contributed by atoms with van der Waals surface area (Å²) in [7, 11) is -3.59. The number of hydrogen-bond donors (Lipinski definition) is 2. The van der Waals surface area contributed by atoms with Gasteiger partial charge >= 0.3 is 0 Å². The Kier molecular flexibility index (Phi) is 5.55. The van der Waals surface area contributed by atoms with E-state index >= 15 is 0 Å². The fourth-order valence-electron chi connectivity index (χ4n) is 1.55. The topological polar surface area (TPSA) is 84.2 Å². The normalized spacial score (nSPS) is 12.2. The molecule has 21 heavy (non-hydrogen) atoms.